The van der Waals surface area contributed by atoms with E-state index in [4.69, 9.17) is 4.42 Å². The second-order valence-electron chi connectivity index (χ2n) is 4.39. The van der Waals surface area contributed by atoms with Crippen molar-refractivity contribution < 1.29 is 4.42 Å². The Balaban J connectivity index is 1.86. The van der Waals surface area contributed by atoms with Crippen molar-refractivity contribution in [2.45, 2.75) is 6.42 Å². The quantitative estimate of drug-likeness (QED) is 0.707. The molecule has 3 aromatic rings. The summed E-state index contributed by atoms with van der Waals surface area (Å²) in [4.78, 5) is 8.59. The van der Waals surface area contributed by atoms with E-state index in [9.17, 15) is 0 Å². The standard InChI is InChI=1S/C14H11N3O/c1-2-12-13(16-6-1)17-14(18-12)10-3-4-11-9(8-10)5-7-15-11/h1-4,6,8,15H,5,7H2. The van der Waals surface area contributed by atoms with Crippen LogP contribution in [0.15, 0.2) is 40.9 Å². The fourth-order valence-corrected chi connectivity index (χ4v) is 2.33. The molecule has 4 heteroatoms. The van der Waals surface area contributed by atoms with E-state index in [-0.39, 0.29) is 0 Å². The summed E-state index contributed by atoms with van der Waals surface area (Å²) in [5.41, 5.74) is 4.93. The molecular formula is C14H11N3O. The molecule has 3 heterocycles. The van der Waals surface area contributed by atoms with Crippen molar-refractivity contribution >= 4 is 16.9 Å². The average Bonchev–Trinajstić information content (AvgIpc) is 3.04. The predicted molar refractivity (Wildman–Crippen MR) is 69.4 cm³/mol. The number of nitrogens with zero attached hydrogens (tertiary/aromatic N) is 2. The summed E-state index contributed by atoms with van der Waals surface area (Å²) in [5.74, 6) is 0.637. The molecule has 0 radical (unpaired) electrons. The fourth-order valence-electron chi connectivity index (χ4n) is 2.33. The molecule has 1 aliphatic heterocycles. The highest BCUT2D eigenvalue weighted by Gasteiger charge is 2.14. The molecule has 1 aromatic carbocycles. The second kappa shape index (κ2) is 3.57. The van der Waals surface area contributed by atoms with E-state index in [1.165, 1.54) is 11.3 Å². The lowest BCUT2D eigenvalue weighted by molar-refractivity contribution is 0.619. The number of nitrogens with one attached hydrogen (secondary N) is 1. The lowest BCUT2D eigenvalue weighted by atomic mass is 10.1. The second-order valence-corrected chi connectivity index (χ2v) is 4.39. The molecule has 1 aliphatic rings. The zero-order valence-corrected chi connectivity index (χ0v) is 9.68. The van der Waals surface area contributed by atoms with Gasteiger partial charge in [-0.15, -0.1) is 0 Å². The molecule has 2 aromatic heterocycles. The van der Waals surface area contributed by atoms with Crippen molar-refractivity contribution in [2.75, 3.05) is 11.9 Å². The van der Waals surface area contributed by atoms with Crippen LogP contribution in [0.3, 0.4) is 0 Å². The van der Waals surface area contributed by atoms with Crippen LogP contribution in [0, 0.1) is 0 Å². The Morgan fingerprint density at radius 2 is 2.22 bits per heavy atom. The van der Waals surface area contributed by atoms with Crippen LogP contribution in [-0.4, -0.2) is 16.5 Å². The van der Waals surface area contributed by atoms with Crippen LogP contribution in [-0.2, 0) is 6.42 Å². The summed E-state index contributed by atoms with van der Waals surface area (Å²) in [5, 5.41) is 3.34. The Morgan fingerprint density at radius 1 is 1.22 bits per heavy atom. The first-order chi connectivity index (χ1) is 8.90. The van der Waals surface area contributed by atoms with Crippen LogP contribution >= 0.6 is 0 Å². The van der Waals surface area contributed by atoms with Crippen molar-refractivity contribution in [1.29, 1.82) is 0 Å². The monoisotopic (exact) mass is 237 g/mol. The Kier molecular flexibility index (Phi) is 1.91. The number of fused-ring (bicyclic) bond motifs is 2. The number of pyridine rings is 1. The van der Waals surface area contributed by atoms with Crippen LogP contribution in [0.1, 0.15) is 5.56 Å². The molecule has 0 saturated carbocycles. The van der Waals surface area contributed by atoms with Gasteiger partial charge >= 0.3 is 0 Å². The first-order valence-corrected chi connectivity index (χ1v) is 5.99. The van der Waals surface area contributed by atoms with Gasteiger partial charge in [-0.25, -0.2) is 4.98 Å². The molecule has 88 valence electrons. The summed E-state index contributed by atoms with van der Waals surface area (Å²) in [6.07, 6.45) is 2.78. The summed E-state index contributed by atoms with van der Waals surface area (Å²) >= 11 is 0. The number of benzene rings is 1. The van der Waals surface area contributed by atoms with Gasteiger partial charge in [-0.1, -0.05) is 0 Å². The number of oxazole rings is 1. The van der Waals surface area contributed by atoms with Crippen molar-refractivity contribution in [1.82, 2.24) is 9.97 Å². The highest BCUT2D eigenvalue weighted by Crippen LogP contribution is 2.29. The molecule has 0 fully saturated rings. The van der Waals surface area contributed by atoms with E-state index in [0.29, 0.717) is 11.5 Å². The van der Waals surface area contributed by atoms with Crippen molar-refractivity contribution in [3.8, 4) is 11.5 Å². The van der Waals surface area contributed by atoms with Crippen LogP contribution in [0.5, 0.6) is 0 Å². The van der Waals surface area contributed by atoms with Crippen LogP contribution in [0.2, 0.25) is 0 Å². The summed E-state index contributed by atoms with van der Waals surface area (Å²) < 4.78 is 5.72. The van der Waals surface area contributed by atoms with E-state index in [1.54, 1.807) is 6.20 Å². The largest absolute Gasteiger partial charge is 0.434 e. The summed E-state index contributed by atoms with van der Waals surface area (Å²) in [7, 11) is 0. The third-order valence-electron chi connectivity index (χ3n) is 3.23. The van der Waals surface area contributed by atoms with Gasteiger partial charge in [0.1, 0.15) is 0 Å². The van der Waals surface area contributed by atoms with Gasteiger partial charge in [0.25, 0.3) is 0 Å². The van der Waals surface area contributed by atoms with Crippen LogP contribution in [0.4, 0.5) is 5.69 Å². The smallest absolute Gasteiger partial charge is 0.228 e. The van der Waals surface area contributed by atoms with Gasteiger partial charge < -0.3 is 9.73 Å². The number of hydrogen-bond acceptors (Lipinski definition) is 4. The minimum atomic E-state index is 0.637. The molecule has 0 unspecified atom stereocenters. The van der Waals surface area contributed by atoms with E-state index in [1.807, 2.05) is 18.2 Å². The van der Waals surface area contributed by atoms with E-state index >= 15 is 0 Å². The molecule has 1 N–H and O–H groups in total. The third-order valence-corrected chi connectivity index (χ3v) is 3.23. The topological polar surface area (TPSA) is 51.0 Å². The maximum absolute atomic E-state index is 5.72. The molecule has 18 heavy (non-hydrogen) atoms. The lowest BCUT2D eigenvalue weighted by Gasteiger charge is -2.00. The van der Waals surface area contributed by atoms with Gasteiger partial charge in [0.2, 0.25) is 5.89 Å². The van der Waals surface area contributed by atoms with Gasteiger partial charge in [-0.3, -0.25) is 0 Å². The van der Waals surface area contributed by atoms with Gasteiger partial charge in [0, 0.05) is 24.0 Å². The number of aromatic nitrogens is 2. The molecule has 0 atom stereocenters. The first-order valence-electron chi connectivity index (χ1n) is 5.99. The molecule has 0 bridgehead atoms. The fraction of sp³-hybridized carbons (Fsp3) is 0.143. The lowest BCUT2D eigenvalue weighted by Crippen LogP contribution is -1.90. The molecule has 0 amide bonds. The molecule has 4 nitrogen and oxygen atoms in total. The van der Waals surface area contributed by atoms with Gasteiger partial charge in [-0.2, -0.15) is 4.98 Å². The van der Waals surface area contributed by atoms with Crippen LogP contribution < -0.4 is 5.32 Å². The summed E-state index contributed by atoms with van der Waals surface area (Å²) in [6.45, 7) is 1.01. The van der Waals surface area contributed by atoms with Gasteiger partial charge in [0.15, 0.2) is 11.2 Å². The normalized spacial score (nSPS) is 13.6. The SMILES string of the molecule is c1cnc2nc(-c3ccc4c(c3)CCN4)oc2c1. The van der Waals surface area contributed by atoms with Crippen molar-refractivity contribution in [3.63, 3.8) is 0 Å². The van der Waals surface area contributed by atoms with Gasteiger partial charge in [-0.05, 0) is 42.3 Å². The van der Waals surface area contributed by atoms with Gasteiger partial charge in [0.05, 0.1) is 0 Å². The number of rotatable bonds is 1. The van der Waals surface area contributed by atoms with E-state index < -0.39 is 0 Å². The molecular weight excluding hydrogens is 226 g/mol. The maximum Gasteiger partial charge on any atom is 0.228 e. The van der Waals surface area contributed by atoms with Crippen molar-refractivity contribution in [3.05, 3.63) is 42.1 Å². The minimum absolute atomic E-state index is 0.637. The first kappa shape index (κ1) is 9.65. The van der Waals surface area contributed by atoms with Crippen LogP contribution in [0.25, 0.3) is 22.7 Å². The zero-order chi connectivity index (χ0) is 11.9. The highest BCUT2D eigenvalue weighted by atomic mass is 16.3. The average molecular weight is 237 g/mol. The summed E-state index contributed by atoms with van der Waals surface area (Å²) in [6, 6.07) is 9.99. The molecule has 0 aliphatic carbocycles. The predicted octanol–water partition coefficient (Wildman–Crippen LogP) is 2.86. The Bertz CT molecular complexity index is 700. The minimum Gasteiger partial charge on any atom is -0.434 e. The Morgan fingerprint density at radius 3 is 3.17 bits per heavy atom. The van der Waals surface area contributed by atoms with E-state index in [2.05, 4.69) is 27.4 Å². The number of hydrogen-bond donors (Lipinski definition) is 1. The number of anilines is 1. The Labute approximate surface area is 104 Å². The molecule has 0 spiro atoms. The zero-order valence-electron chi connectivity index (χ0n) is 9.68. The molecule has 0 saturated heterocycles. The maximum atomic E-state index is 5.72. The Hall–Kier alpha value is -2.36. The van der Waals surface area contributed by atoms with E-state index in [0.717, 1.165) is 24.1 Å². The third kappa shape index (κ3) is 1.39. The molecule has 4 rings (SSSR count). The van der Waals surface area contributed by atoms with Crippen molar-refractivity contribution in [2.24, 2.45) is 0 Å². The highest BCUT2D eigenvalue weighted by molar-refractivity contribution is 5.73.